The lowest BCUT2D eigenvalue weighted by Crippen LogP contribution is -3.14. The number of rotatable bonds is 6. The van der Waals surface area contributed by atoms with E-state index >= 15 is 0 Å². The van der Waals surface area contributed by atoms with Crippen molar-refractivity contribution in [3.63, 3.8) is 0 Å². The van der Waals surface area contributed by atoms with E-state index in [1.54, 1.807) is 0 Å². The summed E-state index contributed by atoms with van der Waals surface area (Å²) in [5.41, 5.74) is 1.33. The number of carboxylic acid groups (broad SMARTS) is 1. The highest BCUT2D eigenvalue weighted by Crippen LogP contribution is 2.09. The molecule has 0 bridgehead atoms. The molecule has 0 radical (unpaired) electrons. The summed E-state index contributed by atoms with van der Waals surface area (Å²) in [6.07, 6.45) is 0.633. The van der Waals surface area contributed by atoms with Crippen LogP contribution in [-0.4, -0.2) is 43.0 Å². The van der Waals surface area contributed by atoms with Crippen molar-refractivity contribution in [3.05, 3.63) is 35.9 Å². The number of carbonyl (C=O) groups is 2. The number of carboxylic acids is 1. The number of aliphatic carboxylic acids is 1. The minimum absolute atomic E-state index is 0.0397. The number of nitrogens with zero attached hydrogens (tertiary/aromatic N) is 1. The van der Waals surface area contributed by atoms with Crippen LogP contribution in [0.5, 0.6) is 0 Å². The smallest absolute Gasteiger partial charge is 0.222 e. The van der Waals surface area contributed by atoms with Crippen LogP contribution in [-0.2, 0) is 9.59 Å². The third kappa shape index (κ3) is 4.56. The Morgan fingerprint density at radius 1 is 1.18 bits per heavy atom. The van der Waals surface area contributed by atoms with Gasteiger partial charge in [0.1, 0.15) is 6.04 Å². The molecule has 1 aromatic carbocycles. The van der Waals surface area contributed by atoms with Crippen LogP contribution in [0, 0.1) is 0 Å². The maximum Gasteiger partial charge on any atom is 0.222 e. The van der Waals surface area contributed by atoms with Gasteiger partial charge in [-0.05, 0) is 19.8 Å². The van der Waals surface area contributed by atoms with Crippen molar-refractivity contribution in [2.45, 2.75) is 32.2 Å². The first kappa shape index (κ1) is 16.5. The van der Waals surface area contributed by atoms with Gasteiger partial charge in [0.15, 0.2) is 0 Å². The standard InChI is InChI=1S/C17H24N2O3/c1-14(15-6-3-2-4-7-15)18-10-12-19(13-11-18)16(20)8-5-9-17(21)22/h2-4,6-7,14H,5,8-13H2,1H3,(H,21,22)/t14-/m0/s1. The van der Waals surface area contributed by atoms with E-state index in [9.17, 15) is 14.7 Å². The molecule has 0 aromatic heterocycles. The van der Waals surface area contributed by atoms with E-state index in [2.05, 4.69) is 31.2 Å². The van der Waals surface area contributed by atoms with Gasteiger partial charge in [0.05, 0.1) is 26.2 Å². The van der Waals surface area contributed by atoms with Crippen LogP contribution in [0.1, 0.15) is 37.8 Å². The molecule has 2 rings (SSSR count). The summed E-state index contributed by atoms with van der Waals surface area (Å²) in [6.45, 7) is 5.58. The van der Waals surface area contributed by atoms with Crippen molar-refractivity contribution in [1.29, 1.82) is 0 Å². The Hall–Kier alpha value is -1.88. The maximum atomic E-state index is 12.0. The first-order valence-corrected chi connectivity index (χ1v) is 7.95. The van der Waals surface area contributed by atoms with Gasteiger partial charge in [0.2, 0.25) is 5.91 Å². The SMILES string of the molecule is C[C@@H](c1ccccc1)[NH+]1CCN(C(=O)CCCC(=O)[O-])CC1. The van der Waals surface area contributed by atoms with Crippen LogP contribution in [0.15, 0.2) is 30.3 Å². The first-order valence-electron chi connectivity index (χ1n) is 7.95. The fourth-order valence-electron chi connectivity index (χ4n) is 3.00. The van der Waals surface area contributed by atoms with Crippen LogP contribution in [0.2, 0.25) is 0 Å². The van der Waals surface area contributed by atoms with E-state index in [0.29, 0.717) is 18.9 Å². The molecule has 0 spiro atoms. The summed E-state index contributed by atoms with van der Waals surface area (Å²) in [5, 5.41) is 10.4. The molecule has 5 heteroatoms. The van der Waals surface area contributed by atoms with E-state index in [-0.39, 0.29) is 12.3 Å². The van der Waals surface area contributed by atoms with Gasteiger partial charge >= 0.3 is 0 Å². The Balaban J connectivity index is 1.78. The van der Waals surface area contributed by atoms with Gasteiger partial charge in [-0.25, -0.2) is 0 Å². The summed E-state index contributed by atoms with van der Waals surface area (Å²) in [6, 6.07) is 10.9. The van der Waals surface area contributed by atoms with Gasteiger partial charge in [-0.2, -0.15) is 0 Å². The van der Waals surface area contributed by atoms with Gasteiger partial charge in [-0.15, -0.1) is 0 Å². The maximum absolute atomic E-state index is 12.0. The molecule has 1 fully saturated rings. The number of quaternary nitrogens is 1. The molecule has 22 heavy (non-hydrogen) atoms. The molecule has 0 aliphatic carbocycles. The largest absolute Gasteiger partial charge is 0.550 e. The van der Waals surface area contributed by atoms with Crippen LogP contribution in [0.25, 0.3) is 0 Å². The van der Waals surface area contributed by atoms with Gasteiger partial charge in [-0.1, -0.05) is 30.3 Å². The zero-order valence-electron chi connectivity index (χ0n) is 13.1. The Morgan fingerprint density at radius 2 is 1.82 bits per heavy atom. The second-order valence-corrected chi connectivity index (χ2v) is 5.90. The number of benzene rings is 1. The highest BCUT2D eigenvalue weighted by Gasteiger charge is 2.27. The summed E-state index contributed by atoms with van der Waals surface area (Å²) in [4.78, 5) is 25.7. The van der Waals surface area contributed by atoms with Gasteiger partial charge in [0, 0.05) is 18.0 Å². The number of amides is 1. The van der Waals surface area contributed by atoms with E-state index in [1.165, 1.54) is 10.5 Å². The highest BCUT2D eigenvalue weighted by molar-refractivity contribution is 5.76. The molecule has 1 amide bonds. The second kappa shape index (κ2) is 7.94. The monoisotopic (exact) mass is 304 g/mol. The average Bonchev–Trinajstić information content (AvgIpc) is 2.54. The predicted molar refractivity (Wildman–Crippen MR) is 81.0 cm³/mol. The van der Waals surface area contributed by atoms with E-state index < -0.39 is 5.97 Å². The van der Waals surface area contributed by atoms with Crippen molar-refractivity contribution in [1.82, 2.24) is 4.90 Å². The van der Waals surface area contributed by atoms with E-state index in [4.69, 9.17) is 0 Å². The lowest BCUT2D eigenvalue weighted by Gasteiger charge is -2.35. The van der Waals surface area contributed by atoms with Gasteiger partial charge in [-0.3, -0.25) is 4.79 Å². The molecule has 1 N–H and O–H groups in total. The van der Waals surface area contributed by atoms with Crippen molar-refractivity contribution >= 4 is 11.9 Å². The van der Waals surface area contributed by atoms with Crippen molar-refractivity contribution < 1.29 is 19.6 Å². The average molecular weight is 304 g/mol. The summed E-state index contributed by atoms with van der Waals surface area (Å²) in [5.74, 6) is -1.02. The highest BCUT2D eigenvalue weighted by atomic mass is 16.4. The molecule has 5 nitrogen and oxygen atoms in total. The topological polar surface area (TPSA) is 64.9 Å². The lowest BCUT2D eigenvalue weighted by atomic mass is 10.1. The molecule has 0 unspecified atom stereocenters. The van der Waals surface area contributed by atoms with Crippen molar-refractivity contribution in [2.24, 2.45) is 0 Å². The van der Waals surface area contributed by atoms with Crippen molar-refractivity contribution in [2.75, 3.05) is 26.2 Å². The fourth-order valence-corrected chi connectivity index (χ4v) is 3.00. The zero-order chi connectivity index (χ0) is 15.9. The molecule has 1 aliphatic rings. The molecule has 1 saturated heterocycles. The fraction of sp³-hybridized carbons (Fsp3) is 0.529. The number of carbonyl (C=O) groups excluding carboxylic acids is 2. The molecule has 0 saturated carbocycles. The summed E-state index contributed by atoms with van der Waals surface area (Å²) >= 11 is 0. The molecule has 1 heterocycles. The number of piperazine rings is 1. The van der Waals surface area contributed by atoms with E-state index in [0.717, 1.165) is 26.2 Å². The van der Waals surface area contributed by atoms with Crippen LogP contribution in [0.3, 0.4) is 0 Å². The van der Waals surface area contributed by atoms with Crippen molar-refractivity contribution in [3.8, 4) is 0 Å². The summed E-state index contributed by atoms with van der Waals surface area (Å²) in [7, 11) is 0. The molecular formula is C17H24N2O3. The third-order valence-corrected chi connectivity index (χ3v) is 4.44. The molecule has 120 valence electrons. The Bertz CT molecular complexity index is 496. The normalized spacial score (nSPS) is 17.2. The third-order valence-electron chi connectivity index (χ3n) is 4.44. The zero-order valence-corrected chi connectivity index (χ0v) is 13.1. The van der Waals surface area contributed by atoms with Crippen LogP contribution < -0.4 is 10.0 Å². The number of nitrogens with one attached hydrogen (secondary N) is 1. The Morgan fingerprint density at radius 3 is 2.41 bits per heavy atom. The Labute approximate surface area is 131 Å². The number of hydrogen-bond donors (Lipinski definition) is 1. The Kier molecular flexibility index (Phi) is 5.95. The molecular weight excluding hydrogens is 280 g/mol. The van der Waals surface area contributed by atoms with Crippen LogP contribution >= 0.6 is 0 Å². The molecule has 1 aliphatic heterocycles. The molecule has 1 aromatic rings. The summed E-state index contributed by atoms with van der Waals surface area (Å²) < 4.78 is 0. The lowest BCUT2D eigenvalue weighted by molar-refractivity contribution is -0.933. The minimum Gasteiger partial charge on any atom is -0.550 e. The van der Waals surface area contributed by atoms with Gasteiger partial charge < -0.3 is 19.7 Å². The molecule has 1 atom stereocenters. The van der Waals surface area contributed by atoms with Gasteiger partial charge in [0.25, 0.3) is 0 Å². The second-order valence-electron chi connectivity index (χ2n) is 5.90. The predicted octanol–water partition coefficient (Wildman–Crippen LogP) is -0.605. The quantitative estimate of drug-likeness (QED) is 0.763. The van der Waals surface area contributed by atoms with Crippen LogP contribution in [0.4, 0.5) is 0 Å². The first-order chi connectivity index (χ1) is 10.6. The minimum atomic E-state index is -1.08. The number of hydrogen-bond acceptors (Lipinski definition) is 3. The van der Waals surface area contributed by atoms with E-state index in [1.807, 2.05) is 11.0 Å².